The molecule has 1 aliphatic rings. The highest BCUT2D eigenvalue weighted by atomic mass is 16.2. The molecule has 1 aromatic carbocycles. The van der Waals surface area contributed by atoms with Crippen molar-refractivity contribution in [2.24, 2.45) is 0 Å². The molecule has 1 amide bonds. The average Bonchev–Trinajstić information content (AvgIpc) is 3.37. The van der Waals surface area contributed by atoms with Crippen LogP contribution in [-0.4, -0.2) is 49.4 Å². The van der Waals surface area contributed by atoms with Gasteiger partial charge in [-0.25, -0.2) is 0 Å². The maximum atomic E-state index is 13.1. The summed E-state index contributed by atoms with van der Waals surface area (Å²) in [5.41, 5.74) is 0.888. The van der Waals surface area contributed by atoms with E-state index >= 15 is 0 Å². The second kappa shape index (κ2) is 6.44. The SMILES string of the molecule is O=C(Nc1ccc(-c2nn[nH]n2)cc1)C1(n2cccn2)CCNCC1. The van der Waals surface area contributed by atoms with Crippen molar-refractivity contribution in [1.82, 2.24) is 35.7 Å². The molecule has 3 heterocycles. The zero-order chi connectivity index (χ0) is 17.1. The molecule has 0 radical (unpaired) electrons. The van der Waals surface area contributed by atoms with Gasteiger partial charge >= 0.3 is 0 Å². The lowest BCUT2D eigenvalue weighted by molar-refractivity contribution is -0.126. The Morgan fingerprint density at radius 2 is 2.00 bits per heavy atom. The van der Waals surface area contributed by atoms with Crippen molar-refractivity contribution in [2.45, 2.75) is 18.4 Å². The van der Waals surface area contributed by atoms with Gasteiger partial charge in [0.15, 0.2) is 0 Å². The van der Waals surface area contributed by atoms with Crippen molar-refractivity contribution < 1.29 is 4.79 Å². The highest BCUT2D eigenvalue weighted by Gasteiger charge is 2.42. The van der Waals surface area contributed by atoms with Crippen LogP contribution in [0.1, 0.15) is 12.8 Å². The minimum atomic E-state index is -0.666. The normalized spacial score (nSPS) is 16.5. The Bertz CT molecular complexity index is 820. The Hall–Kier alpha value is -3.07. The molecule has 0 bridgehead atoms. The Morgan fingerprint density at radius 3 is 2.64 bits per heavy atom. The van der Waals surface area contributed by atoms with E-state index in [1.807, 2.05) is 36.5 Å². The van der Waals surface area contributed by atoms with Crippen LogP contribution < -0.4 is 10.6 Å². The number of carbonyl (C=O) groups is 1. The first kappa shape index (κ1) is 15.5. The number of aromatic amines is 1. The lowest BCUT2D eigenvalue weighted by Gasteiger charge is -2.36. The van der Waals surface area contributed by atoms with Gasteiger partial charge in [-0.15, -0.1) is 10.2 Å². The van der Waals surface area contributed by atoms with Crippen LogP contribution in [0.25, 0.3) is 11.4 Å². The Morgan fingerprint density at radius 1 is 1.20 bits per heavy atom. The van der Waals surface area contributed by atoms with Crippen molar-refractivity contribution in [3.63, 3.8) is 0 Å². The number of H-pyrrole nitrogens is 1. The summed E-state index contributed by atoms with van der Waals surface area (Å²) in [6.45, 7) is 1.56. The highest BCUT2D eigenvalue weighted by molar-refractivity contribution is 5.96. The average molecular weight is 338 g/mol. The maximum Gasteiger partial charge on any atom is 0.252 e. The van der Waals surface area contributed by atoms with Crippen LogP contribution in [0.15, 0.2) is 42.7 Å². The summed E-state index contributed by atoms with van der Waals surface area (Å²) >= 11 is 0. The standard InChI is InChI=1S/C16H18N8O/c25-15(16(6-9-17-10-7-16)24-11-1-8-18-24)19-13-4-2-12(3-5-13)14-20-22-23-21-14/h1-5,8,11,17H,6-7,9-10H2,(H,19,25)(H,20,21,22,23). The number of rotatable bonds is 4. The van der Waals surface area contributed by atoms with Gasteiger partial charge in [-0.2, -0.15) is 10.3 Å². The number of nitrogens with one attached hydrogen (secondary N) is 3. The lowest BCUT2D eigenvalue weighted by atomic mass is 9.87. The number of carbonyl (C=O) groups excluding carboxylic acids is 1. The second-order valence-corrected chi connectivity index (χ2v) is 6.00. The quantitative estimate of drug-likeness (QED) is 0.648. The van der Waals surface area contributed by atoms with Gasteiger partial charge in [-0.1, -0.05) is 0 Å². The monoisotopic (exact) mass is 338 g/mol. The predicted molar refractivity (Wildman–Crippen MR) is 90.5 cm³/mol. The van der Waals surface area contributed by atoms with Crippen LogP contribution in [0.5, 0.6) is 0 Å². The molecule has 1 saturated heterocycles. The van der Waals surface area contributed by atoms with Gasteiger partial charge in [0.2, 0.25) is 5.82 Å². The number of anilines is 1. The third-order valence-corrected chi connectivity index (χ3v) is 4.54. The van der Waals surface area contributed by atoms with E-state index in [1.165, 1.54) is 0 Å². The second-order valence-electron chi connectivity index (χ2n) is 6.00. The van der Waals surface area contributed by atoms with Gasteiger partial charge < -0.3 is 10.6 Å². The zero-order valence-electron chi connectivity index (χ0n) is 13.5. The first-order valence-electron chi connectivity index (χ1n) is 8.14. The number of hydrogen-bond donors (Lipinski definition) is 3. The van der Waals surface area contributed by atoms with E-state index < -0.39 is 5.54 Å². The van der Waals surface area contributed by atoms with Crippen LogP contribution in [0.2, 0.25) is 0 Å². The topological polar surface area (TPSA) is 113 Å². The number of aromatic nitrogens is 6. The number of amides is 1. The minimum Gasteiger partial charge on any atom is -0.324 e. The molecule has 25 heavy (non-hydrogen) atoms. The Balaban J connectivity index is 1.55. The van der Waals surface area contributed by atoms with E-state index in [2.05, 4.69) is 36.4 Å². The predicted octanol–water partition coefficient (Wildman–Crippen LogP) is 0.781. The molecule has 3 N–H and O–H groups in total. The van der Waals surface area contributed by atoms with Gasteiger partial charge in [-0.3, -0.25) is 9.48 Å². The number of hydrogen-bond acceptors (Lipinski definition) is 6. The van der Waals surface area contributed by atoms with Crippen molar-refractivity contribution in [3.8, 4) is 11.4 Å². The molecular weight excluding hydrogens is 320 g/mol. The fourth-order valence-electron chi connectivity index (χ4n) is 3.16. The van der Waals surface area contributed by atoms with E-state index in [9.17, 15) is 4.79 Å². The summed E-state index contributed by atoms with van der Waals surface area (Å²) in [6.07, 6.45) is 4.95. The van der Waals surface area contributed by atoms with E-state index in [0.717, 1.165) is 24.3 Å². The molecule has 0 aliphatic carbocycles. The van der Waals surface area contributed by atoms with Gasteiger partial charge in [0.25, 0.3) is 5.91 Å². The molecule has 0 unspecified atom stereocenters. The zero-order valence-corrected chi connectivity index (χ0v) is 13.5. The summed E-state index contributed by atoms with van der Waals surface area (Å²) in [5, 5.41) is 24.5. The Labute approximate surface area is 143 Å². The van der Waals surface area contributed by atoms with E-state index in [1.54, 1.807) is 10.9 Å². The van der Waals surface area contributed by atoms with Gasteiger partial charge in [0, 0.05) is 23.6 Å². The van der Waals surface area contributed by atoms with Gasteiger partial charge in [0.05, 0.1) is 0 Å². The number of nitrogens with zero attached hydrogens (tertiary/aromatic N) is 5. The summed E-state index contributed by atoms with van der Waals surface area (Å²) in [5.74, 6) is 0.467. The summed E-state index contributed by atoms with van der Waals surface area (Å²) in [4.78, 5) is 13.1. The van der Waals surface area contributed by atoms with Crippen molar-refractivity contribution in [2.75, 3.05) is 18.4 Å². The van der Waals surface area contributed by atoms with Gasteiger partial charge in [0.1, 0.15) is 5.54 Å². The first-order chi connectivity index (χ1) is 12.3. The minimum absolute atomic E-state index is 0.0509. The van der Waals surface area contributed by atoms with Crippen LogP contribution in [0.3, 0.4) is 0 Å². The van der Waals surface area contributed by atoms with Crippen LogP contribution in [-0.2, 0) is 10.3 Å². The molecule has 0 saturated carbocycles. The number of tetrazole rings is 1. The number of piperidine rings is 1. The molecule has 2 aromatic heterocycles. The van der Waals surface area contributed by atoms with Crippen molar-refractivity contribution in [1.29, 1.82) is 0 Å². The highest BCUT2D eigenvalue weighted by Crippen LogP contribution is 2.29. The van der Waals surface area contributed by atoms with Crippen molar-refractivity contribution >= 4 is 11.6 Å². The molecule has 9 nitrogen and oxygen atoms in total. The largest absolute Gasteiger partial charge is 0.324 e. The fraction of sp³-hybridized carbons (Fsp3) is 0.312. The van der Waals surface area contributed by atoms with E-state index in [4.69, 9.17) is 0 Å². The molecule has 0 spiro atoms. The maximum absolute atomic E-state index is 13.1. The van der Waals surface area contributed by atoms with E-state index in [-0.39, 0.29) is 5.91 Å². The van der Waals surface area contributed by atoms with Crippen LogP contribution in [0.4, 0.5) is 5.69 Å². The molecule has 128 valence electrons. The molecule has 3 aromatic rings. The third kappa shape index (κ3) is 2.89. The third-order valence-electron chi connectivity index (χ3n) is 4.54. The summed E-state index contributed by atoms with van der Waals surface area (Å²) in [6, 6.07) is 9.21. The molecule has 1 fully saturated rings. The first-order valence-corrected chi connectivity index (χ1v) is 8.14. The summed E-state index contributed by atoms with van der Waals surface area (Å²) in [7, 11) is 0. The lowest BCUT2D eigenvalue weighted by Crippen LogP contribution is -2.52. The Kier molecular flexibility index (Phi) is 3.98. The molecule has 0 atom stereocenters. The molecule has 9 heteroatoms. The fourth-order valence-corrected chi connectivity index (χ4v) is 3.16. The van der Waals surface area contributed by atoms with Crippen LogP contribution in [0, 0.1) is 0 Å². The van der Waals surface area contributed by atoms with Crippen LogP contribution >= 0.6 is 0 Å². The molecule has 4 rings (SSSR count). The molecular formula is C16H18N8O. The molecule has 1 aliphatic heterocycles. The summed E-state index contributed by atoms with van der Waals surface area (Å²) < 4.78 is 1.77. The van der Waals surface area contributed by atoms with E-state index in [0.29, 0.717) is 18.7 Å². The van der Waals surface area contributed by atoms with Crippen molar-refractivity contribution in [3.05, 3.63) is 42.7 Å². The van der Waals surface area contributed by atoms with Gasteiger partial charge in [-0.05, 0) is 61.5 Å². The number of benzene rings is 1. The smallest absolute Gasteiger partial charge is 0.252 e.